The highest BCUT2D eigenvalue weighted by molar-refractivity contribution is 5.88. The SMILES string of the molecule is CCC(=O)OC(=O)C(C)(CO)CO. The molecule has 0 aliphatic carbocycles. The Bertz CT molecular complexity index is 195. The summed E-state index contributed by atoms with van der Waals surface area (Å²) in [7, 11) is 0. The second-order valence-electron chi connectivity index (χ2n) is 2.99. The molecule has 0 rings (SSSR count). The van der Waals surface area contributed by atoms with Crippen LogP contribution in [0.25, 0.3) is 0 Å². The molecule has 13 heavy (non-hydrogen) atoms. The summed E-state index contributed by atoms with van der Waals surface area (Å²) >= 11 is 0. The van der Waals surface area contributed by atoms with Crippen molar-refractivity contribution in [2.45, 2.75) is 20.3 Å². The summed E-state index contributed by atoms with van der Waals surface area (Å²) in [6.07, 6.45) is 0.0820. The molecule has 0 saturated heterocycles. The molecule has 0 atom stereocenters. The van der Waals surface area contributed by atoms with Crippen molar-refractivity contribution in [2.24, 2.45) is 5.41 Å². The minimum Gasteiger partial charge on any atom is -0.395 e. The Balaban J connectivity index is 4.31. The normalized spacial score (nSPS) is 11.1. The van der Waals surface area contributed by atoms with E-state index in [2.05, 4.69) is 4.74 Å². The third-order valence-corrected chi connectivity index (χ3v) is 1.69. The lowest BCUT2D eigenvalue weighted by Gasteiger charge is -2.20. The maximum Gasteiger partial charge on any atom is 0.324 e. The Kier molecular flexibility index (Phi) is 4.58. The summed E-state index contributed by atoms with van der Waals surface area (Å²) in [5.41, 5.74) is -1.40. The minimum atomic E-state index is -1.40. The molecule has 0 aliphatic rings. The van der Waals surface area contributed by atoms with Gasteiger partial charge in [-0.15, -0.1) is 0 Å². The number of aliphatic hydroxyl groups is 2. The average molecular weight is 190 g/mol. The number of rotatable bonds is 4. The van der Waals surface area contributed by atoms with Crippen LogP contribution in [-0.2, 0) is 14.3 Å². The van der Waals surface area contributed by atoms with E-state index in [0.717, 1.165) is 0 Å². The number of hydrogen-bond donors (Lipinski definition) is 2. The lowest BCUT2D eigenvalue weighted by atomic mass is 9.93. The van der Waals surface area contributed by atoms with Crippen LogP contribution in [0.15, 0.2) is 0 Å². The van der Waals surface area contributed by atoms with E-state index in [9.17, 15) is 9.59 Å². The van der Waals surface area contributed by atoms with Gasteiger partial charge in [-0.3, -0.25) is 9.59 Å². The van der Waals surface area contributed by atoms with Gasteiger partial charge in [-0.2, -0.15) is 0 Å². The molecule has 0 aromatic heterocycles. The number of carbonyl (C=O) groups is 2. The van der Waals surface area contributed by atoms with Crippen molar-refractivity contribution in [2.75, 3.05) is 13.2 Å². The minimum absolute atomic E-state index is 0.0820. The summed E-state index contributed by atoms with van der Waals surface area (Å²) in [5, 5.41) is 17.5. The monoisotopic (exact) mass is 190 g/mol. The van der Waals surface area contributed by atoms with Crippen LogP contribution >= 0.6 is 0 Å². The molecule has 5 heteroatoms. The summed E-state index contributed by atoms with van der Waals surface area (Å²) < 4.78 is 4.35. The smallest absolute Gasteiger partial charge is 0.324 e. The van der Waals surface area contributed by atoms with E-state index in [-0.39, 0.29) is 6.42 Å². The first kappa shape index (κ1) is 12.1. The van der Waals surface area contributed by atoms with Gasteiger partial charge in [0.05, 0.1) is 13.2 Å². The van der Waals surface area contributed by atoms with E-state index in [1.54, 1.807) is 6.92 Å². The first-order valence-corrected chi connectivity index (χ1v) is 3.97. The van der Waals surface area contributed by atoms with Gasteiger partial charge >= 0.3 is 11.9 Å². The number of hydrogen-bond acceptors (Lipinski definition) is 5. The molecule has 0 amide bonds. The van der Waals surface area contributed by atoms with Gasteiger partial charge in [0.2, 0.25) is 0 Å². The highest BCUT2D eigenvalue weighted by Crippen LogP contribution is 2.16. The molecule has 0 spiro atoms. The molecule has 5 nitrogen and oxygen atoms in total. The van der Waals surface area contributed by atoms with Gasteiger partial charge in [-0.25, -0.2) is 0 Å². The van der Waals surface area contributed by atoms with Crippen LogP contribution in [0.4, 0.5) is 0 Å². The number of esters is 2. The molecule has 76 valence electrons. The van der Waals surface area contributed by atoms with E-state index in [1.807, 2.05) is 0 Å². The topological polar surface area (TPSA) is 83.8 Å². The third kappa shape index (κ3) is 3.12. The molecule has 0 fully saturated rings. The molecule has 2 N–H and O–H groups in total. The van der Waals surface area contributed by atoms with Crippen molar-refractivity contribution in [1.29, 1.82) is 0 Å². The largest absolute Gasteiger partial charge is 0.395 e. The number of carbonyl (C=O) groups excluding carboxylic acids is 2. The lowest BCUT2D eigenvalue weighted by molar-refractivity contribution is -0.170. The highest BCUT2D eigenvalue weighted by Gasteiger charge is 2.34. The highest BCUT2D eigenvalue weighted by atomic mass is 16.6. The maximum absolute atomic E-state index is 11.1. The molecule has 0 aliphatic heterocycles. The molecule has 0 unspecified atom stereocenters. The van der Waals surface area contributed by atoms with Crippen LogP contribution in [0.2, 0.25) is 0 Å². The van der Waals surface area contributed by atoms with Gasteiger partial charge in [0.15, 0.2) is 0 Å². The Labute approximate surface area is 76.3 Å². The van der Waals surface area contributed by atoms with Crippen molar-refractivity contribution in [1.82, 2.24) is 0 Å². The third-order valence-electron chi connectivity index (χ3n) is 1.69. The van der Waals surface area contributed by atoms with Crippen LogP contribution in [-0.4, -0.2) is 35.4 Å². The van der Waals surface area contributed by atoms with E-state index < -0.39 is 30.6 Å². The van der Waals surface area contributed by atoms with Gasteiger partial charge in [0, 0.05) is 6.42 Å². The van der Waals surface area contributed by atoms with Crippen molar-refractivity contribution >= 4 is 11.9 Å². The molecular weight excluding hydrogens is 176 g/mol. The molecule has 0 heterocycles. The number of aliphatic hydroxyl groups excluding tert-OH is 2. The van der Waals surface area contributed by atoms with Gasteiger partial charge < -0.3 is 14.9 Å². The predicted octanol–water partition coefficient (Wildman–Crippen LogP) is -0.543. The predicted molar refractivity (Wildman–Crippen MR) is 43.7 cm³/mol. The Morgan fingerprint density at radius 1 is 1.31 bits per heavy atom. The summed E-state index contributed by atoms with van der Waals surface area (Å²) in [4.78, 5) is 21.8. The Hall–Kier alpha value is -0.940. The van der Waals surface area contributed by atoms with E-state index in [1.165, 1.54) is 6.92 Å². The standard InChI is InChI=1S/C8H14O5/c1-3-6(11)13-7(12)8(2,4-9)5-10/h9-10H,3-5H2,1-2H3. The lowest BCUT2D eigenvalue weighted by Crippen LogP contribution is -2.38. The van der Waals surface area contributed by atoms with Gasteiger partial charge in [0.1, 0.15) is 5.41 Å². The second kappa shape index (κ2) is 4.94. The van der Waals surface area contributed by atoms with Crippen LogP contribution in [0, 0.1) is 5.41 Å². The molecular formula is C8H14O5. The fourth-order valence-corrected chi connectivity index (χ4v) is 0.478. The summed E-state index contributed by atoms with van der Waals surface area (Å²) in [5.74, 6) is -1.57. The van der Waals surface area contributed by atoms with Gasteiger partial charge in [0.25, 0.3) is 0 Å². The Morgan fingerprint density at radius 2 is 1.77 bits per heavy atom. The zero-order chi connectivity index (χ0) is 10.5. The van der Waals surface area contributed by atoms with Crippen LogP contribution in [0.3, 0.4) is 0 Å². The van der Waals surface area contributed by atoms with Gasteiger partial charge in [-0.05, 0) is 6.92 Å². The first-order valence-electron chi connectivity index (χ1n) is 3.97. The zero-order valence-electron chi connectivity index (χ0n) is 7.74. The quantitative estimate of drug-likeness (QED) is 0.459. The summed E-state index contributed by atoms with van der Waals surface area (Å²) in [6, 6.07) is 0. The van der Waals surface area contributed by atoms with Crippen molar-refractivity contribution < 1.29 is 24.5 Å². The fraction of sp³-hybridized carbons (Fsp3) is 0.750. The van der Waals surface area contributed by atoms with Crippen LogP contribution < -0.4 is 0 Å². The van der Waals surface area contributed by atoms with E-state index in [4.69, 9.17) is 10.2 Å². The van der Waals surface area contributed by atoms with E-state index >= 15 is 0 Å². The molecule has 0 bridgehead atoms. The van der Waals surface area contributed by atoms with Crippen LogP contribution in [0.1, 0.15) is 20.3 Å². The van der Waals surface area contributed by atoms with Crippen molar-refractivity contribution in [3.8, 4) is 0 Å². The average Bonchev–Trinajstić information content (AvgIpc) is 2.16. The zero-order valence-corrected chi connectivity index (χ0v) is 7.74. The van der Waals surface area contributed by atoms with Gasteiger partial charge in [-0.1, -0.05) is 6.92 Å². The summed E-state index contributed by atoms with van der Waals surface area (Å²) in [6.45, 7) is 1.75. The molecule has 0 saturated carbocycles. The molecule has 0 aromatic rings. The van der Waals surface area contributed by atoms with Crippen molar-refractivity contribution in [3.05, 3.63) is 0 Å². The first-order chi connectivity index (χ1) is 6.00. The molecule has 0 radical (unpaired) electrons. The number of ether oxygens (including phenoxy) is 1. The van der Waals surface area contributed by atoms with Crippen LogP contribution in [0.5, 0.6) is 0 Å². The Morgan fingerprint density at radius 3 is 2.08 bits per heavy atom. The van der Waals surface area contributed by atoms with Crippen molar-refractivity contribution in [3.63, 3.8) is 0 Å². The maximum atomic E-state index is 11.1. The van der Waals surface area contributed by atoms with E-state index in [0.29, 0.717) is 0 Å². The second-order valence-corrected chi connectivity index (χ2v) is 2.99. The molecule has 0 aromatic carbocycles. The fourth-order valence-electron chi connectivity index (χ4n) is 0.478.